The fourth-order valence-corrected chi connectivity index (χ4v) is 1.46. The zero-order valence-electron chi connectivity index (χ0n) is 10.1. The van der Waals surface area contributed by atoms with E-state index in [-0.39, 0.29) is 18.9 Å². The molecule has 0 bridgehead atoms. The Labute approximate surface area is 106 Å². The number of nitrogens with zero attached hydrogens (tertiary/aromatic N) is 1. The molecule has 0 aliphatic rings. The molecule has 17 heavy (non-hydrogen) atoms. The van der Waals surface area contributed by atoms with Gasteiger partial charge in [0.05, 0.1) is 13.0 Å². The Morgan fingerprint density at radius 2 is 2.06 bits per heavy atom. The van der Waals surface area contributed by atoms with Crippen molar-refractivity contribution in [1.82, 2.24) is 4.90 Å². The minimum atomic E-state index is -2.47. The van der Waals surface area contributed by atoms with Crippen LogP contribution in [0.1, 0.15) is 25.7 Å². The van der Waals surface area contributed by atoms with Crippen LogP contribution in [-0.4, -0.2) is 49.9 Å². The number of hydrogen-bond donors (Lipinski definition) is 0. The van der Waals surface area contributed by atoms with Crippen LogP contribution in [0.4, 0.5) is 8.78 Å². The zero-order valence-corrected chi connectivity index (χ0v) is 10.9. The summed E-state index contributed by atoms with van der Waals surface area (Å²) in [6.45, 7) is 0.118. The normalized spacial score (nSPS) is 10.9. The first kappa shape index (κ1) is 16.6. The molecule has 0 aromatic carbocycles. The highest BCUT2D eigenvalue weighted by atomic mass is 35.5. The van der Waals surface area contributed by atoms with Crippen molar-refractivity contribution < 1.29 is 18.3 Å². The van der Waals surface area contributed by atoms with Gasteiger partial charge < -0.3 is 9.64 Å². The summed E-state index contributed by atoms with van der Waals surface area (Å²) in [6, 6.07) is 0. The second kappa shape index (κ2) is 10.7. The third-order valence-electron chi connectivity index (χ3n) is 2.26. The predicted octanol–water partition coefficient (Wildman–Crippen LogP) is 2.53. The third kappa shape index (κ3) is 10.5. The highest BCUT2D eigenvalue weighted by Gasteiger charge is 2.09. The van der Waals surface area contributed by atoms with Crippen LogP contribution in [0.25, 0.3) is 0 Å². The maximum absolute atomic E-state index is 11.7. The van der Waals surface area contributed by atoms with Crippen molar-refractivity contribution in [2.75, 3.05) is 32.7 Å². The van der Waals surface area contributed by atoms with E-state index < -0.39 is 13.0 Å². The molecule has 0 N–H and O–H groups in total. The van der Waals surface area contributed by atoms with E-state index >= 15 is 0 Å². The van der Waals surface area contributed by atoms with Gasteiger partial charge in [0.1, 0.15) is 6.61 Å². The monoisotopic (exact) mass is 271 g/mol. The summed E-state index contributed by atoms with van der Waals surface area (Å²) in [5, 5.41) is 0. The SMILES string of the molecule is CN(CCCCCCl)C(=O)CCOCC(F)F. The number of carbonyl (C=O) groups is 1. The van der Waals surface area contributed by atoms with Gasteiger partial charge in [0.2, 0.25) is 5.91 Å². The van der Waals surface area contributed by atoms with E-state index in [4.69, 9.17) is 11.6 Å². The lowest BCUT2D eigenvalue weighted by molar-refractivity contribution is -0.131. The van der Waals surface area contributed by atoms with E-state index in [9.17, 15) is 13.6 Å². The molecule has 0 aromatic rings. The Morgan fingerprint density at radius 3 is 2.65 bits per heavy atom. The van der Waals surface area contributed by atoms with Gasteiger partial charge in [-0.15, -0.1) is 11.6 Å². The summed E-state index contributed by atoms with van der Waals surface area (Å²) in [7, 11) is 1.70. The van der Waals surface area contributed by atoms with Crippen LogP contribution >= 0.6 is 11.6 Å². The van der Waals surface area contributed by atoms with Crippen molar-refractivity contribution in [3.63, 3.8) is 0 Å². The van der Waals surface area contributed by atoms with Gasteiger partial charge in [-0.05, 0) is 12.8 Å². The molecule has 0 rings (SSSR count). The summed E-state index contributed by atoms with van der Waals surface area (Å²) >= 11 is 5.53. The van der Waals surface area contributed by atoms with Gasteiger partial charge in [-0.2, -0.15) is 0 Å². The largest absolute Gasteiger partial charge is 0.375 e. The first-order valence-electron chi connectivity index (χ1n) is 5.73. The van der Waals surface area contributed by atoms with E-state index in [0.29, 0.717) is 12.4 Å². The Kier molecular flexibility index (Phi) is 10.5. The summed E-state index contributed by atoms with van der Waals surface area (Å²) in [5.74, 6) is 0.559. The van der Waals surface area contributed by atoms with Gasteiger partial charge in [0.25, 0.3) is 6.43 Å². The topological polar surface area (TPSA) is 29.5 Å². The van der Waals surface area contributed by atoms with Crippen LogP contribution in [0.2, 0.25) is 0 Å². The summed E-state index contributed by atoms with van der Waals surface area (Å²) in [4.78, 5) is 13.1. The van der Waals surface area contributed by atoms with Crippen LogP contribution in [0, 0.1) is 0 Å². The molecule has 102 valence electrons. The molecule has 3 nitrogen and oxygen atoms in total. The number of carbonyl (C=O) groups excluding carboxylic acids is 1. The van der Waals surface area contributed by atoms with Crippen molar-refractivity contribution in [3.8, 4) is 0 Å². The predicted molar refractivity (Wildman–Crippen MR) is 63.6 cm³/mol. The van der Waals surface area contributed by atoms with Crippen molar-refractivity contribution in [1.29, 1.82) is 0 Å². The summed E-state index contributed by atoms with van der Waals surface area (Å²) < 4.78 is 28.1. The van der Waals surface area contributed by atoms with Crippen molar-refractivity contribution in [3.05, 3.63) is 0 Å². The third-order valence-corrected chi connectivity index (χ3v) is 2.52. The average Bonchev–Trinajstić information content (AvgIpc) is 2.29. The number of halogens is 3. The first-order chi connectivity index (χ1) is 8.07. The van der Waals surface area contributed by atoms with E-state index in [1.807, 2.05) is 0 Å². The van der Waals surface area contributed by atoms with Crippen LogP contribution in [0.3, 0.4) is 0 Å². The van der Waals surface area contributed by atoms with E-state index in [0.717, 1.165) is 19.3 Å². The minimum Gasteiger partial charge on any atom is -0.375 e. The van der Waals surface area contributed by atoms with Gasteiger partial charge in [-0.3, -0.25) is 4.79 Å². The van der Waals surface area contributed by atoms with Gasteiger partial charge in [-0.25, -0.2) is 8.78 Å². The molecule has 6 heteroatoms. The zero-order chi connectivity index (χ0) is 13.1. The lowest BCUT2D eigenvalue weighted by Gasteiger charge is -2.16. The maximum atomic E-state index is 11.7. The Balaban J connectivity index is 3.47. The molecule has 0 heterocycles. The lowest BCUT2D eigenvalue weighted by Crippen LogP contribution is -2.28. The van der Waals surface area contributed by atoms with Gasteiger partial charge in [0.15, 0.2) is 0 Å². The molecule has 0 aliphatic heterocycles. The lowest BCUT2D eigenvalue weighted by atomic mass is 10.2. The van der Waals surface area contributed by atoms with Crippen LogP contribution in [0.15, 0.2) is 0 Å². The molecule has 0 aromatic heterocycles. The standard InChI is InChI=1S/C11H20ClF2NO2/c1-15(7-4-2-3-6-12)11(16)5-8-17-9-10(13)14/h10H,2-9H2,1H3. The number of alkyl halides is 3. The fraction of sp³-hybridized carbons (Fsp3) is 0.909. The fourth-order valence-electron chi connectivity index (χ4n) is 1.27. The maximum Gasteiger partial charge on any atom is 0.261 e. The van der Waals surface area contributed by atoms with Crippen molar-refractivity contribution in [2.45, 2.75) is 32.1 Å². The second-order valence-electron chi connectivity index (χ2n) is 3.78. The summed E-state index contributed by atoms with van der Waals surface area (Å²) in [5.41, 5.74) is 0. The van der Waals surface area contributed by atoms with Crippen molar-refractivity contribution in [2.24, 2.45) is 0 Å². The molecule has 0 saturated heterocycles. The molecule has 1 amide bonds. The quantitative estimate of drug-likeness (QED) is 0.451. The van der Waals surface area contributed by atoms with Crippen LogP contribution in [-0.2, 0) is 9.53 Å². The Bertz CT molecular complexity index is 206. The first-order valence-corrected chi connectivity index (χ1v) is 6.27. The summed E-state index contributed by atoms with van der Waals surface area (Å²) in [6.07, 6.45) is 0.522. The molecule has 0 radical (unpaired) electrons. The molecule has 0 aliphatic carbocycles. The van der Waals surface area contributed by atoms with Crippen molar-refractivity contribution >= 4 is 17.5 Å². The highest BCUT2D eigenvalue weighted by Crippen LogP contribution is 2.01. The number of unbranched alkanes of at least 4 members (excludes halogenated alkanes) is 2. The van der Waals surface area contributed by atoms with Gasteiger partial charge >= 0.3 is 0 Å². The number of rotatable bonds is 10. The molecule has 0 fully saturated rings. The molecule has 0 saturated carbocycles. The second-order valence-corrected chi connectivity index (χ2v) is 4.16. The van der Waals surface area contributed by atoms with Gasteiger partial charge in [-0.1, -0.05) is 6.42 Å². The van der Waals surface area contributed by atoms with Gasteiger partial charge in [0, 0.05) is 19.5 Å². The minimum absolute atomic E-state index is 0.0508. The Morgan fingerprint density at radius 1 is 1.35 bits per heavy atom. The highest BCUT2D eigenvalue weighted by molar-refractivity contribution is 6.17. The number of ether oxygens (including phenoxy) is 1. The Hall–Kier alpha value is -0.420. The molecule has 0 atom stereocenters. The van der Waals surface area contributed by atoms with Crippen LogP contribution in [0.5, 0.6) is 0 Å². The van der Waals surface area contributed by atoms with E-state index in [2.05, 4.69) is 4.74 Å². The number of amides is 1. The van der Waals surface area contributed by atoms with E-state index in [1.54, 1.807) is 11.9 Å². The molecule has 0 spiro atoms. The van der Waals surface area contributed by atoms with E-state index in [1.165, 1.54) is 0 Å². The number of hydrogen-bond acceptors (Lipinski definition) is 2. The molecular weight excluding hydrogens is 252 g/mol. The van der Waals surface area contributed by atoms with Crippen LogP contribution < -0.4 is 0 Å². The molecular formula is C11H20ClF2NO2. The average molecular weight is 272 g/mol. The molecule has 0 unspecified atom stereocenters. The smallest absolute Gasteiger partial charge is 0.261 e.